The topological polar surface area (TPSA) is 78.9 Å². The van der Waals surface area contributed by atoms with Crippen molar-refractivity contribution in [1.29, 1.82) is 0 Å². The summed E-state index contributed by atoms with van der Waals surface area (Å²) in [6.45, 7) is 6.16. The molecule has 0 amide bonds. The van der Waals surface area contributed by atoms with E-state index in [1.165, 1.54) is 12.8 Å². The third kappa shape index (κ3) is 48.4. The molecule has 0 aliphatic carbocycles. The first-order valence-electron chi connectivity index (χ1n) is 24.7. The highest BCUT2D eigenvalue weighted by atomic mass is 16.6. The average molecular weight is 869 g/mol. The fourth-order valence-electron chi connectivity index (χ4n) is 6.09. The van der Waals surface area contributed by atoms with Crippen LogP contribution in [-0.2, 0) is 28.6 Å². The Morgan fingerprint density at radius 1 is 0.333 bits per heavy atom. The monoisotopic (exact) mass is 869 g/mol. The molecule has 0 radical (unpaired) electrons. The standard InChI is InChI=1S/C57H88O6/c1-4-7-10-13-16-19-22-25-27-29-32-35-38-41-44-47-50-56(59)62-53-54(52-61-55(58)49-46-43-40-37-34-31-24-21-18-15-12-9-6-3)63-57(60)51-48-45-42-39-36-33-30-28-26-23-20-17-14-11-8-5-2/h7-12,15-21,24-28,32,35,41,44,54H,4-6,13-14,22-23,29-31,33-34,36-40,42-43,45-53H2,1-3H3/b10-7-,11-8-,12-9-,18-15-,19-16-,20-17-,24-21-,27-25-,28-26-,35-32-,44-41-. The zero-order chi connectivity index (χ0) is 45.8. The van der Waals surface area contributed by atoms with E-state index in [0.717, 1.165) is 128 Å². The largest absolute Gasteiger partial charge is 0.462 e. The quantitative estimate of drug-likeness (QED) is 0.0200. The van der Waals surface area contributed by atoms with E-state index in [-0.39, 0.29) is 44.0 Å². The molecule has 0 aliphatic heterocycles. The molecule has 0 aromatic rings. The maximum Gasteiger partial charge on any atom is 0.306 e. The molecule has 0 aliphatic rings. The van der Waals surface area contributed by atoms with Gasteiger partial charge in [-0.15, -0.1) is 0 Å². The minimum atomic E-state index is -0.828. The van der Waals surface area contributed by atoms with Crippen molar-refractivity contribution in [2.75, 3.05) is 13.2 Å². The smallest absolute Gasteiger partial charge is 0.306 e. The van der Waals surface area contributed by atoms with Crippen LogP contribution in [0.5, 0.6) is 0 Å². The second-order valence-electron chi connectivity index (χ2n) is 15.6. The minimum absolute atomic E-state index is 0.122. The SMILES string of the molecule is CC\C=C/C=C\C=C/CCCCCCCC(=O)OCC(COC(=O)CC/C=C\C/C=C\C/C=C\C/C=C\C/C=C\CC)OC(=O)CCCCCCCC/C=C\C/C=C\C/C=C\CC. The van der Waals surface area contributed by atoms with Crippen molar-refractivity contribution < 1.29 is 28.6 Å². The summed E-state index contributed by atoms with van der Waals surface area (Å²) in [5.74, 6) is -1.05. The minimum Gasteiger partial charge on any atom is -0.462 e. The zero-order valence-corrected chi connectivity index (χ0v) is 40.0. The van der Waals surface area contributed by atoms with Crippen LogP contribution in [0.1, 0.15) is 188 Å². The van der Waals surface area contributed by atoms with Crippen molar-refractivity contribution in [3.8, 4) is 0 Å². The number of hydrogen-bond donors (Lipinski definition) is 0. The van der Waals surface area contributed by atoms with Gasteiger partial charge in [0, 0.05) is 19.3 Å². The molecule has 0 rings (SSSR count). The number of allylic oxidation sites excluding steroid dienone is 22. The van der Waals surface area contributed by atoms with Crippen molar-refractivity contribution in [3.05, 3.63) is 134 Å². The Labute approximate surface area is 385 Å². The Morgan fingerprint density at radius 2 is 0.683 bits per heavy atom. The normalized spacial score (nSPS) is 13.3. The van der Waals surface area contributed by atoms with Gasteiger partial charge in [0.15, 0.2) is 6.10 Å². The number of ether oxygens (including phenoxy) is 3. The number of carbonyl (C=O) groups is 3. The molecule has 0 bridgehead atoms. The van der Waals surface area contributed by atoms with E-state index in [9.17, 15) is 14.4 Å². The lowest BCUT2D eigenvalue weighted by Crippen LogP contribution is -2.30. The van der Waals surface area contributed by atoms with Gasteiger partial charge in [-0.3, -0.25) is 14.4 Å². The van der Waals surface area contributed by atoms with Crippen LogP contribution in [0, 0.1) is 0 Å². The van der Waals surface area contributed by atoms with E-state index in [1.54, 1.807) is 0 Å². The molecule has 0 aromatic heterocycles. The molecule has 6 nitrogen and oxygen atoms in total. The third-order valence-electron chi connectivity index (χ3n) is 9.71. The van der Waals surface area contributed by atoms with E-state index in [4.69, 9.17) is 14.2 Å². The second kappa shape index (κ2) is 50.2. The van der Waals surface area contributed by atoms with E-state index in [1.807, 2.05) is 18.2 Å². The molecule has 1 unspecified atom stereocenters. The summed E-state index contributed by atoms with van der Waals surface area (Å²) >= 11 is 0. The van der Waals surface area contributed by atoms with Gasteiger partial charge in [0.1, 0.15) is 13.2 Å². The van der Waals surface area contributed by atoms with Gasteiger partial charge in [-0.2, -0.15) is 0 Å². The van der Waals surface area contributed by atoms with Gasteiger partial charge in [0.05, 0.1) is 0 Å². The Kier molecular flexibility index (Phi) is 46.7. The molecule has 0 saturated carbocycles. The number of esters is 3. The fraction of sp³-hybridized carbons (Fsp3) is 0.561. The number of hydrogen-bond acceptors (Lipinski definition) is 6. The third-order valence-corrected chi connectivity index (χ3v) is 9.71. The van der Waals surface area contributed by atoms with Gasteiger partial charge in [-0.05, 0) is 103 Å². The summed E-state index contributed by atoms with van der Waals surface area (Å²) in [6.07, 6.45) is 70.1. The van der Waals surface area contributed by atoms with Crippen molar-refractivity contribution >= 4 is 17.9 Å². The van der Waals surface area contributed by atoms with Crippen LogP contribution in [0.3, 0.4) is 0 Å². The average Bonchev–Trinajstić information content (AvgIpc) is 3.28. The molecule has 0 fully saturated rings. The van der Waals surface area contributed by atoms with Crippen molar-refractivity contribution in [2.45, 2.75) is 194 Å². The van der Waals surface area contributed by atoms with E-state index in [2.05, 4.69) is 136 Å². The summed E-state index contributed by atoms with van der Waals surface area (Å²) in [6, 6.07) is 0. The Morgan fingerprint density at radius 3 is 1.16 bits per heavy atom. The second-order valence-corrected chi connectivity index (χ2v) is 15.6. The summed E-state index contributed by atoms with van der Waals surface area (Å²) in [5.41, 5.74) is 0. The predicted molar refractivity (Wildman–Crippen MR) is 269 cm³/mol. The van der Waals surface area contributed by atoms with Gasteiger partial charge < -0.3 is 14.2 Å². The highest BCUT2D eigenvalue weighted by Crippen LogP contribution is 2.12. The molecule has 0 aromatic carbocycles. The molecular formula is C57H88O6. The Balaban J connectivity index is 4.58. The number of rotatable bonds is 42. The molecule has 0 spiro atoms. The van der Waals surface area contributed by atoms with Crippen molar-refractivity contribution in [2.24, 2.45) is 0 Å². The summed E-state index contributed by atoms with van der Waals surface area (Å²) in [4.78, 5) is 37.9. The van der Waals surface area contributed by atoms with Crippen LogP contribution in [0.4, 0.5) is 0 Å². The van der Waals surface area contributed by atoms with Gasteiger partial charge in [0.2, 0.25) is 0 Å². The van der Waals surface area contributed by atoms with Crippen LogP contribution in [-0.4, -0.2) is 37.2 Å². The molecule has 352 valence electrons. The zero-order valence-electron chi connectivity index (χ0n) is 40.0. The lowest BCUT2D eigenvalue weighted by atomic mass is 10.1. The van der Waals surface area contributed by atoms with Crippen molar-refractivity contribution in [1.82, 2.24) is 0 Å². The summed E-state index contributed by atoms with van der Waals surface area (Å²) < 4.78 is 16.7. The van der Waals surface area contributed by atoms with E-state index < -0.39 is 6.10 Å². The fourth-order valence-corrected chi connectivity index (χ4v) is 6.09. The molecule has 0 saturated heterocycles. The molecule has 0 heterocycles. The first kappa shape index (κ1) is 58.6. The maximum absolute atomic E-state index is 12.8. The number of carbonyl (C=O) groups excluding carboxylic acids is 3. The van der Waals surface area contributed by atoms with Crippen LogP contribution < -0.4 is 0 Å². The van der Waals surface area contributed by atoms with Crippen LogP contribution in [0.2, 0.25) is 0 Å². The molecule has 63 heavy (non-hydrogen) atoms. The molecular weight excluding hydrogens is 781 g/mol. The van der Waals surface area contributed by atoms with Crippen LogP contribution in [0.25, 0.3) is 0 Å². The Hall–Kier alpha value is -4.45. The first-order chi connectivity index (χ1) is 31.0. The molecule has 6 heteroatoms. The number of unbranched alkanes of at least 4 members (excludes halogenated alkanes) is 11. The van der Waals surface area contributed by atoms with Crippen molar-refractivity contribution in [3.63, 3.8) is 0 Å². The van der Waals surface area contributed by atoms with Crippen LogP contribution >= 0.6 is 0 Å². The lowest BCUT2D eigenvalue weighted by Gasteiger charge is -2.18. The highest BCUT2D eigenvalue weighted by molar-refractivity contribution is 5.71. The predicted octanol–water partition coefficient (Wildman–Crippen LogP) is 16.3. The lowest BCUT2D eigenvalue weighted by molar-refractivity contribution is -0.166. The van der Waals surface area contributed by atoms with E-state index >= 15 is 0 Å². The van der Waals surface area contributed by atoms with Gasteiger partial charge in [-0.1, -0.05) is 199 Å². The van der Waals surface area contributed by atoms with Gasteiger partial charge >= 0.3 is 17.9 Å². The summed E-state index contributed by atoms with van der Waals surface area (Å²) in [7, 11) is 0. The maximum atomic E-state index is 12.8. The first-order valence-corrected chi connectivity index (χ1v) is 24.7. The van der Waals surface area contributed by atoms with E-state index in [0.29, 0.717) is 12.8 Å². The Bertz CT molecular complexity index is 1420. The van der Waals surface area contributed by atoms with Gasteiger partial charge in [0.25, 0.3) is 0 Å². The highest BCUT2D eigenvalue weighted by Gasteiger charge is 2.19. The molecule has 1 atom stereocenters. The summed E-state index contributed by atoms with van der Waals surface area (Å²) in [5, 5.41) is 0. The molecule has 0 N–H and O–H groups in total. The van der Waals surface area contributed by atoms with Gasteiger partial charge in [-0.25, -0.2) is 0 Å². The van der Waals surface area contributed by atoms with Crippen LogP contribution in [0.15, 0.2) is 134 Å².